The van der Waals surface area contributed by atoms with Gasteiger partial charge in [-0.15, -0.1) is 12.4 Å². The van der Waals surface area contributed by atoms with Crippen LogP contribution in [0, 0.1) is 12.7 Å². The minimum Gasteiger partial charge on any atom is -0.508 e. The minimum atomic E-state index is -2.43. The highest BCUT2D eigenvalue weighted by molar-refractivity contribution is 6.13. The van der Waals surface area contributed by atoms with E-state index in [1.165, 1.54) is 28.7 Å². The number of nitrogens with zero attached hydrogens (tertiary/aromatic N) is 4. The summed E-state index contributed by atoms with van der Waals surface area (Å²) in [5, 5.41) is 10.1. The molecule has 0 saturated carbocycles. The Labute approximate surface area is 334 Å². The molecule has 5 heterocycles. The normalized spacial score (nSPS) is 18.9. The standard InChI is InChI=1S/C44H43FN4O6.ClH/c1-28-9-10-32(21-38(28)45)49(31-11-13-34(50)14-12-31)44(52)37-22-40(47-15-5-4-8-39(37)47)35-23-41-42(55-27-54-41)24-36(35)43(51)48-25-30-7-3-2-6-29(30)20-33(48)26-46-16-18-53-19-17-46;/h2-3,6-7,9-14,21-24,33,50H,4-5,8,15-20,25-27H2,1H3;1H/t33-;/m0./s1/i27D2;. The number of anilines is 2. The van der Waals surface area contributed by atoms with E-state index < -0.39 is 18.5 Å². The van der Waals surface area contributed by atoms with Crippen LogP contribution in [0.4, 0.5) is 15.8 Å². The van der Waals surface area contributed by atoms with Crippen molar-refractivity contribution in [2.24, 2.45) is 0 Å². The average molecular weight is 781 g/mol. The number of hydrogen-bond acceptors (Lipinski definition) is 7. The molecule has 2 amide bonds. The maximum Gasteiger partial charge on any atom is 0.264 e. The predicted octanol–water partition coefficient (Wildman–Crippen LogP) is 7.67. The SMILES string of the molecule is Cl.[2H]C1([2H])Oc2cc(C(=O)N3Cc4ccccc4C[C@H]3CN3CCOCC3)c(-c3cc(C(=O)N(c4ccc(O)cc4)c4ccc(C)c(F)c4)c4n3CCCC4)cc2O1. The Morgan fingerprint density at radius 3 is 2.39 bits per heavy atom. The highest BCUT2D eigenvalue weighted by Crippen LogP contribution is 2.43. The third kappa shape index (κ3) is 6.99. The Morgan fingerprint density at radius 2 is 1.62 bits per heavy atom. The largest absolute Gasteiger partial charge is 0.508 e. The van der Waals surface area contributed by atoms with Crippen molar-refractivity contribution < 1.29 is 36.0 Å². The zero-order valence-corrected chi connectivity index (χ0v) is 31.8. The Morgan fingerprint density at radius 1 is 0.893 bits per heavy atom. The van der Waals surface area contributed by atoms with E-state index in [4.69, 9.17) is 17.0 Å². The molecule has 1 aromatic heterocycles. The molecule has 1 atom stereocenters. The lowest BCUT2D eigenvalue weighted by molar-refractivity contribution is 0.0193. The van der Waals surface area contributed by atoms with Gasteiger partial charge in [0.25, 0.3) is 11.8 Å². The Balaban J connectivity index is 0.00000469. The number of aryl methyl sites for hydroxylation is 1. The number of morpholine rings is 1. The van der Waals surface area contributed by atoms with Crippen molar-refractivity contribution in [1.29, 1.82) is 0 Å². The van der Waals surface area contributed by atoms with Gasteiger partial charge in [0.05, 0.1) is 30.0 Å². The van der Waals surface area contributed by atoms with Gasteiger partial charge in [-0.3, -0.25) is 19.4 Å². The molecule has 4 aliphatic rings. The third-order valence-electron chi connectivity index (χ3n) is 11.3. The fourth-order valence-electron chi connectivity index (χ4n) is 8.35. The summed E-state index contributed by atoms with van der Waals surface area (Å²) in [6.07, 6.45) is 2.95. The molecule has 9 rings (SSSR count). The first-order chi connectivity index (χ1) is 27.5. The molecule has 0 aliphatic carbocycles. The second-order valence-corrected chi connectivity index (χ2v) is 14.7. The first-order valence-corrected chi connectivity index (χ1v) is 18.9. The quantitative estimate of drug-likeness (QED) is 0.181. The van der Waals surface area contributed by atoms with Gasteiger partial charge >= 0.3 is 0 Å². The highest BCUT2D eigenvalue weighted by atomic mass is 35.5. The second kappa shape index (κ2) is 15.6. The van der Waals surface area contributed by atoms with Crippen molar-refractivity contribution in [3.8, 4) is 28.5 Å². The van der Waals surface area contributed by atoms with Gasteiger partial charge in [-0.1, -0.05) is 30.3 Å². The van der Waals surface area contributed by atoms with Gasteiger partial charge in [0, 0.05) is 61.4 Å². The minimum absolute atomic E-state index is 0. The molecule has 4 aromatic carbocycles. The molecule has 4 aliphatic heterocycles. The van der Waals surface area contributed by atoms with Crippen LogP contribution in [-0.4, -0.2) is 76.9 Å². The smallest absolute Gasteiger partial charge is 0.264 e. The molecule has 1 saturated heterocycles. The van der Waals surface area contributed by atoms with Gasteiger partial charge in [0.2, 0.25) is 6.75 Å². The van der Waals surface area contributed by atoms with Gasteiger partial charge in [-0.25, -0.2) is 4.39 Å². The van der Waals surface area contributed by atoms with Crippen LogP contribution in [0.15, 0.2) is 84.9 Å². The maximum atomic E-state index is 15.2. The van der Waals surface area contributed by atoms with Gasteiger partial charge in [0.1, 0.15) is 14.3 Å². The number of carbonyl (C=O) groups is 2. The van der Waals surface area contributed by atoms with Crippen LogP contribution in [0.1, 0.15) is 58.7 Å². The highest BCUT2D eigenvalue weighted by Gasteiger charge is 2.36. The number of carbonyl (C=O) groups excluding carboxylic acids is 2. The number of hydrogen-bond donors (Lipinski definition) is 1. The summed E-state index contributed by atoms with van der Waals surface area (Å²) in [4.78, 5) is 35.9. The van der Waals surface area contributed by atoms with Crippen LogP contribution in [0.5, 0.6) is 17.2 Å². The summed E-state index contributed by atoms with van der Waals surface area (Å²) in [6.45, 7) is 3.67. The van der Waals surface area contributed by atoms with E-state index in [0.717, 1.165) is 37.2 Å². The van der Waals surface area contributed by atoms with Crippen LogP contribution < -0.4 is 14.4 Å². The number of aromatic nitrogens is 1. The predicted molar refractivity (Wildman–Crippen MR) is 213 cm³/mol. The number of benzene rings is 4. The fourth-order valence-corrected chi connectivity index (χ4v) is 8.35. The summed E-state index contributed by atoms with van der Waals surface area (Å²) in [5.41, 5.74) is 6.05. The molecule has 0 bridgehead atoms. The number of rotatable bonds is 7. The number of phenolic OH excluding ortho intramolecular Hbond substituents is 1. The number of aromatic hydroxyl groups is 1. The monoisotopic (exact) mass is 780 g/mol. The maximum absolute atomic E-state index is 15.2. The fraction of sp³-hybridized carbons (Fsp3) is 0.318. The summed E-state index contributed by atoms with van der Waals surface area (Å²) >= 11 is 0. The van der Waals surface area contributed by atoms with E-state index in [0.29, 0.717) is 85.0 Å². The van der Waals surface area contributed by atoms with Gasteiger partial charge in [0.15, 0.2) is 11.5 Å². The number of ether oxygens (including phenoxy) is 3. The molecule has 12 heteroatoms. The van der Waals surface area contributed by atoms with E-state index in [2.05, 4.69) is 21.6 Å². The Hall–Kier alpha value is -5.36. The van der Waals surface area contributed by atoms with Gasteiger partial charge in [-0.2, -0.15) is 0 Å². The number of fused-ring (bicyclic) bond motifs is 3. The van der Waals surface area contributed by atoms with Crippen LogP contribution in [0.3, 0.4) is 0 Å². The zero-order chi connectivity index (χ0) is 39.4. The van der Waals surface area contributed by atoms with Crippen molar-refractivity contribution in [2.75, 3.05) is 44.5 Å². The van der Waals surface area contributed by atoms with Crippen molar-refractivity contribution >= 4 is 35.6 Å². The first kappa shape index (κ1) is 35.1. The molecule has 1 fully saturated rings. The molecular formula is C44H44ClFN4O6. The summed E-state index contributed by atoms with van der Waals surface area (Å²) in [5.74, 6) is -0.796. The Kier molecular flexibility index (Phi) is 9.80. The molecule has 5 aromatic rings. The van der Waals surface area contributed by atoms with Gasteiger partial charge in [-0.05, 0) is 104 Å². The summed E-state index contributed by atoms with van der Waals surface area (Å²) in [7, 11) is 0. The second-order valence-electron chi connectivity index (χ2n) is 14.7. The first-order valence-electron chi connectivity index (χ1n) is 19.9. The number of amides is 2. The van der Waals surface area contributed by atoms with Crippen LogP contribution >= 0.6 is 12.4 Å². The lowest BCUT2D eigenvalue weighted by atomic mass is 9.92. The van der Waals surface area contributed by atoms with Crippen molar-refractivity contribution in [3.63, 3.8) is 0 Å². The van der Waals surface area contributed by atoms with Gasteiger partial charge < -0.3 is 28.8 Å². The molecule has 0 radical (unpaired) electrons. The number of halogens is 2. The molecular weight excluding hydrogens is 735 g/mol. The molecule has 56 heavy (non-hydrogen) atoms. The zero-order valence-electron chi connectivity index (χ0n) is 33.0. The van der Waals surface area contributed by atoms with E-state index in [1.54, 1.807) is 49.4 Å². The molecule has 290 valence electrons. The molecule has 0 spiro atoms. The Bertz CT molecular complexity index is 2380. The van der Waals surface area contributed by atoms with E-state index in [1.807, 2.05) is 17.0 Å². The summed E-state index contributed by atoms with van der Waals surface area (Å²) < 4.78 is 50.5. The van der Waals surface area contributed by atoms with Crippen molar-refractivity contribution in [3.05, 3.63) is 124 Å². The van der Waals surface area contributed by atoms with Crippen molar-refractivity contribution in [1.82, 2.24) is 14.4 Å². The molecule has 10 nitrogen and oxygen atoms in total. The average Bonchev–Trinajstić information content (AvgIpc) is 3.75. The van der Waals surface area contributed by atoms with Crippen LogP contribution in [0.2, 0.25) is 0 Å². The van der Waals surface area contributed by atoms with E-state index in [-0.39, 0.29) is 41.6 Å². The van der Waals surface area contributed by atoms with E-state index >= 15 is 9.18 Å². The molecule has 1 N–H and O–H groups in total. The van der Waals surface area contributed by atoms with Crippen LogP contribution in [0.25, 0.3) is 11.3 Å². The lowest BCUT2D eigenvalue weighted by Crippen LogP contribution is -2.52. The molecule has 0 unspecified atom stereocenters. The van der Waals surface area contributed by atoms with Crippen LogP contribution in [-0.2, 0) is 30.7 Å². The van der Waals surface area contributed by atoms with Crippen molar-refractivity contribution in [2.45, 2.75) is 51.7 Å². The third-order valence-corrected chi connectivity index (χ3v) is 11.3. The summed E-state index contributed by atoms with van der Waals surface area (Å²) in [6, 6.07) is 23.9. The topological polar surface area (TPSA) is 96.7 Å². The van der Waals surface area contributed by atoms with E-state index in [9.17, 15) is 9.90 Å². The number of phenols is 1. The lowest BCUT2D eigenvalue weighted by Gasteiger charge is -2.40.